The third kappa shape index (κ3) is 4.18. The Hall–Kier alpha value is -5.60. The van der Waals surface area contributed by atoms with Crippen molar-refractivity contribution in [2.45, 2.75) is 77.0 Å². The number of rotatable bonds is 2. The van der Waals surface area contributed by atoms with Gasteiger partial charge in [-0.2, -0.15) is 0 Å². The van der Waals surface area contributed by atoms with Gasteiger partial charge in [-0.05, 0) is 95.6 Å². The molecule has 1 aliphatic carbocycles. The Labute approximate surface area is 332 Å². The van der Waals surface area contributed by atoms with Gasteiger partial charge in [0.1, 0.15) is 0 Å². The molecule has 0 bridgehead atoms. The van der Waals surface area contributed by atoms with Crippen LogP contribution in [0.2, 0.25) is 0 Å². The topological polar surface area (TPSA) is 4.93 Å². The van der Waals surface area contributed by atoms with Gasteiger partial charge in [0.2, 0.25) is 6.71 Å². The van der Waals surface area contributed by atoms with E-state index in [0.717, 1.165) is 0 Å². The zero-order chi connectivity index (χ0) is 38.5. The molecule has 0 fully saturated rings. The van der Waals surface area contributed by atoms with Gasteiger partial charge in [-0.1, -0.05) is 188 Å². The van der Waals surface area contributed by atoms with Crippen molar-refractivity contribution in [2.24, 2.45) is 0 Å². The molecule has 3 heterocycles. The van der Waals surface area contributed by atoms with Crippen LogP contribution in [0.1, 0.15) is 99.9 Å². The Morgan fingerprint density at radius 2 is 1.16 bits per heavy atom. The van der Waals surface area contributed by atoms with Crippen LogP contribution in [0.4, 0.5) is 0 Å². The minimum Gasteiger partial charge on any atom is -0.310 e. The molecule has 0 unspecified atom stereocenters. The van der Waals surface area contributed by atoms with Gasteiger partial charge in [0, 0.05) is 27.4 Å². The van der Waals surface area contributed by atoms with E-state index in [1.807, 2.05) is 0 Å². The van der Waals surface area contributed by atoms with Gasteiger partial charge in [0.25, 0.3) is 0 Å². The number of hydrogen-bond donors (Lipinski definition) is 0. The van der Waals surface area contributed by atoms with E-state index in [1.54, 1.807) is 0 Å². The average molecular weight is 722 g/mol. The summed E-state index contributed by atoms with van der Waals surface area (Å²) in [5, 5.41) is 2.73. The fraction of sp³-hybridized carbons (Fsp3) is 0.222. The summed E-state index contributed by atoms with van der Waals surface area (Å²) < 4.78 is 2.66. The highest BCUT2D eigenvalue weighted by atomic mass is 15.0. The molecule has 0 radical (unpaired) electrons. The molecule has 1 aromatic heterocycles. The molecule has 0 N–H and O–H groups in total. The third-order valence-electron chi connectivity index (χ3n) is 13.8. The smallest absolute Gasteiger partial charge is 0.247 e. The van der Waals surface area contributed by atoms with Crippen LogP contribution in [0.15, 0.2) is 146 Å². The van der Waals surface area contributed by atoms with Crippen molar-refractivity contribution in [1.29, 1.82) is 0 Å². The van der Waals surface area contributed by atoms with Crippen LogP contribution in [-0.2, 0) is 21.7 Å². The number of hydrogen-bond acceptors (Lipinski definition) is 0. The first-order valence-corrected chi connectivity index (χ1v) is 20.5. The summed E-state index contributed by atoms with van der Waals surface area (Å²) in [6.07, 6.45) is 0. The van der Waals surface area contributed by atoms with Gasteiger partial charge in [-0.3, -0.25) is 0 Å². The van der Waals surface area contributed by atoms with Gasteiger partial charge in [0.15, 0.2) is 0 Å². The lowest BCUT2D eigenvalue weighted by Crippen LogP contribution is -2.63. The predicted octanol–water partition coefficient (Wildman–Crippen LogP) is 11.2. The zero-order valence-electron chi connectivity index (χ0n) is 33.9. The summed E-state index contributed by atoms with van der Waals surface area (Å²) in [4.78, 5) is 0. The molecule has 0 atom stereocenters. The third-order valence-corrected chi connectivity index (χ3v) is 13.8. The van der Waals surface area contributed by atoms with Crippen LogP contribution >= 0.6 is 0 Å². The molecule has 11 rings (SSSR count). The van der Waals surface area contributed by atoms with Crippen molar-refractivity contribution in [1.82, 2.24) is 4.57 Å². The largest absolute Gasteiger partial charge is 0.310 e. The highest BCUT2D eigenvalue weighted by molar-refractivity contribution is 6.99. The average Bonchev–Trinajstić information content (AvgIpc) is 3.69. The molecule has 3 aliphatic rings. The fourth-order valence-corrected chi connectivity index (χ4v) is 11.2. The van der Waals surface area contributed by atoms with E-state index < -0.39 is 5.41 Å². The number of benzene rings is 7. The van der Waals surface area contributed by atoms with Crippen LogP contribution < -0.4 is 16.4 Å². The standard InChI is InChI=1S/C54H48BN/c1-51(2,3)35-26-28-40-38(30-35)37-27-29-45-47(48(37)54(40,33-18-11-9-12-19-33)34-20-13-10-14-21-34)39-31-36(52(4,5)6)32-44-50(39)56(45)46-25-17-23-42-49(46)55(44)43-24-16-15-22-41(43)53(42,7)8/h9-32H,1-8H3. The van der Waals surface area contributed by atoms with Gasteiger partial charge in [-0.15, -0.1) is 0 Å². The molecule has 1 nitrogen and oxygen atoms in total. The second-order valence-electron chi connectivity index (χ2n) is 19.3. The Morgan fingerprint density at radius 3 is 1.84 bits per heavy atom. The summed E-state index contributed by atoms with van der Waals surface area (Å²) in [5.74, 6) is 0. The van der Waals surface area contributed by atoms with Crippen LogP contribution in [-0.4, -0.2) is 11.3 Å². The number of aromatic nitrogens is 1. The van der Waals surface area contributed by atoms with E-state index >= 15 is 0 Å². The first kappa shape index (κ1) is 33.7. The van der Waals surface area contributed by atoms with Gasteiger partial charge in [-0.25, -0.2) is 0 Å². The fourth-order valence-electron chi connectivity index (χ4n) is 11.2. The highest BCUT2D eigenvalue weighted by Gasteiger charge is 2.50. The van der Waals surface area contributed by atoms with Gasteiger partial charge < -0.3 is 4.57 Å². The summed E-state index contributed by atoms with van der Waals surface area (Å²) in [7, 11) is 0. The Morgan fingerprint density at radius 1 is 0.518 bits per heavy atom. The van der Waals surface area contributed by atoms with Crippen LogP contribution in [0.3, 0.4) is 0 Å². The molecular weight excluding hydrogens is 673 g/mol. The molecule has 7 aromatic carbocycles. The van der Waals surface area contributed by atoms with Crippen molar-refractivity contribution in [3.63, 3.8) is 0 Å². The normalized spacial score (nSPS) is 15.8. The Balaban J connectivity index is 1.39. The monoisotopic (exact) mass is 721 g/mol. The second-order valence-corrected chi connectivity index (χ2v) is 19.3. The SMILES string of the molecule is CC(C)(C)c1ccc2c(c1)-c1ccc3c(c1C2(c1ccccc1)c1ccccc1)c1cc(C(C)(C)C)cc2c1n3-c1cccc3c1B2c1ccccc1C3(C)C. The second kappa shape index (κ2) is 11.0. The molecule has 0 saturated carbocycles. The first-order chi connectivity index (χ1) is 26.8. The van der Waals surface area contributed by atoms with Crippen LogP contribution in [0.25, 0.3) is 38.6 Å². The van der Waals surface area contributed by atoms with Crippen molar-refractivity contribution in [3.05, 3.63) is 190 Å². The van der Waals surface area contributed by atoms with Crippen molar-refractivity contribution in [3.8, 4) is 16.8 Å². The van der Waals surface area contributed by atoms with E-state index in [4.69, 9.17) is 0 Å². The molecular formula is C54H48BN. The predicted molar refractivity (Wildman–Crippen MR) is 239 cm³/mol. The maximum absolute atomic E-state index is 2.66. The maximum atomic E-state index is 2.66. The minimum absolute atomic E-state index is 0.0160. The minimum atomic E-state index is -0.527. The lowest BCUT2D eigenvalue weighted by atomic mass is 9.30. The summed E-state index contributed by atoms with van der Waals surface area (Å²) in [6, 6.07) is 56.5. The lowest BCUT2D eigenvalue weighted by Gasteiger charge is -2.42. The van der Waals surface area contributed by atoms with E-state index in [2.05, 4.69) is 206 Å². The van der Waals surface area contributed by atoms with Crippen LogP contribution in [0, 0.1) is 0 Å². The summed E-state index contributed by atoms with van der Waals surface area (Å²) in [5.41, 5.74) is 21.3. The Kier molecular flexibility index (Phi) is 6.65. The van der Waals surface area contributed by atoms with Gasteiger partial charge in [0.05, 0.1) is 10.9 Å². The molecule has 8 aromatic rings. The lowest BCUT2D eigenvalue weighted by molar-refractivity contribution is 0.590. The quantitative estimate of drug-likeness (QED) is 0.157. The molecule has 2 heteroatoms. The first-order valence-electron chi connectivity index (χ1n) is 20.5. The molecule has 2 aliphatic heterocycles. The molecule has 0 saturated heterocycles. The van der Waals surface area contributed by atoms with Crippen LogP contribution in [0.5, 0.6) is 0 Å². The Bertz CT molecular complexity index is 2910. The van der Waals surface area contributed by atoms with Crippen molar-refractivity contribution >= 4 is 44.9 Å². The zero-order valence-corrected chi connectivity index (χ0v) is 33.9. The molecule has 0 amide bonds. The van der Waals surface area contributed by atoms with Crippen molar-refractivity contribution < 1.29 is 0 Å². The molecule has 56 heavy (non-hydrogen) atoms. The van der Waals surface area contributed by atoms with Gasteiger partial charge >= 0.3 is 0 Å². The number of fused-ring (bicyclic) bond motifs is 11. The van der Waals surface area contributed by atoms with E-state index in [1.165, 1.54) is 99.5 Å². The van der Waals surface area contributed by atoms with Crippen molar-refractivity contribution in [2.75, 3.05) is 0 Å². The van der Waals surface area contributed by atoms with E-state index in [9.17, 15) is 0 Å². The number of nitrogens with zero attached hydrogens (tertiary/aromatic N) is 1. The van der Waals surface area contributed by atoms with E-state index in [0.29, 0.717) is 0 Å². The maximum Gasteiger partial charge on any atom is 0.247 e. The molecule has 272 valence electrons. The summed E-state index contributed by atoms with van der Waals surface area (Å²) >= 11 is 0. The molecule has 0 spiro atoms. The highest BCUT2D eigenvalue weighted by Crippen LogP contribution is 2.60. The van der Waals surface area contributed by atoms with E-state index in [-0.39, 0.29) is 23.0 Å². The summed E-state index contributed by atoms with van der Waals surface area (Å²) in [6.45, 7) is 19.1.